The van der Waals surface area contributed by atoms with E-state index in [4.69, 9.17) is 11.6 Å². The van der Waals surface area contributed by atoms with Gasteiger partial charge in [0, 0.05) is 9.95 Å². The maximum absolute atomic E-state index is 10.1. The summed E-state index contributed by atoms with van der Waals surface area (Å²) < 4.78 is 0. The van der Waals surface area contributed by atoms with Crippen molar-refractivity contribution in [2.75, 3.05) is 6.54 Å². The van der Waals surface area contributed by atoms with Crippen molar-refractivity contribution in [1.29, 1.82) is 0 Å². The lowest BCUT2D eigenvalue weighted by atomic mass is 10.1. The van der Waals surface area contributed by atoms with E-state index in [-0.39, 0.29) is 0 Å². The zero-order valence-electron chi connectivity index (χ0n) is 6.68. The number of aliphatic hydroxyl groups is 1. The molecular weight excluding hydrogens is 194 g/mol. The van der Waals surface area contributed by atoms with E-state index in [1.165, 1.54) is 0 Å². The van der Waals surface area contributed by atoms with Crippen molar-refractivity contribution in [3.63, 3.8) is 0 Å². The highest BCUT2D eigenvalue weighted by atomic mass is 35.5. The van der Waals surface area contributed by atoms with Crippen molar-refractivity contribution < 1.29 is 10.0 Å². The Hall–Kier alpha value is -1.13. The number of halogens is 1. The second kappa shape index (κ2) is 4.20. The average molecular weight is 202 g/mol. The Balaban J connectivity index is 2.71. The Morgan fingerprint density at radius 1 is 1.46 bits per heavy atom. The molecule has 1 aromatic carbocycles. The first-order valence-corrected chi connectivity index (χ1v) is 4.02. The molecule has 0 aliphatic heterocycles. The summed E-state index contributed by atoms with van der Waals surface area (Å²) in [5.41, 5.74) is 0.501. The lowest BCUT2D eigenvalue weighted by Crippen LogP contribution is -2.11. The first-order chi connectivity index (χ1) is 6.09. The summed E-state index contributed by atoms with van der Waals surface area (Å²) >= 11 is 5.61. The molecule has 0 aliphatic rings. The molecule has 0 spiro atoms. The molecule has 0 unspecified atom stereocenters. The first-order valence-electron chi connectivity index (χ1n) is 3.65. The van der Waals surface area contributed by atoms with E-state index < -0.39 is 17.6 Å². The van der Waals surface area contributed by atoms with Gasteiger partial charge >= 0.3 is 0 Å². The summed E-state index contributed by atoms with van der Waals surface area (Å²) in [6.07, 6.45) is -1.06. The van der Waals surface area contributed by atoms with Crippen LogP contribution in [0.2, 0.25) is 5.02 Å². The third-order valence-corrected chi connectivity index (χ3v) is 1.83. The Morgan fingerprint density at radius 2 is 2.00 bits per heavy atom. The Labute approximate surface area is 79.9 Å². The van der Waals surface area contributed by atoms with Crippen LogP contribution in [-0.4, -0.2) is 16.6 Å². The summed E-state index contributed by atoms with van der Waals surface area (Å²) in [5, 5.41) is 19.9. The molecule has 4 nitrogen and oxygen atoms in total. The molecule has 0 saturated heterocycles. The Morgan fingerprint density at radius 3 is 2.46 bits per heavy atom. The van der Waals surface area contributed by atoms with Crippen LogP contribution < -0.4 is 0 Å². The molecule has 5 heteroatoms. The second-order valence-electron chi connectivity index (χ2n) is 2.58. The minimum absolute atomic E-state index is 0.484. The highest BCUT2D eigenvalue weighted by Gasteiger charge is 2.13. The van der Waals surface area contributed by atoms with Crippen molar-refractivity contribution in [2.24, 2.45) is 0 Å². The van der Waals surface area contributed by atoms with Gasteiger partial charge in [-0.25, -0.2) is 0 Å². The van der Waals surface area contributed by atoms with Gasteiger partial charge in [0.1, 0.15) is 6.10 Å². The smallest absolute Gasteiger partial charge is 0.233 e. The SMILES string of the molecule is O=[N+]([O-])C[C@@H](O)c1ccc(Cl)cc1. The van der Waals surface area contributed by atoms with Gasteiger partial charge in [0.2, 0.25) is 6.54 Å². The van der Waals surface area contributed by atoms with Gasteiger partial charge in [0.25, 0.3) is 0 Å². The van der Waals surface area contributed by atoms with E-state index >= 15 is 0 Å². The molecule has 1 aromatic rings. The topological polar surface area (TPSA) is 63.4 Å². The quantitative estimate of drug-likeness (QED) is 0.598. The molecule has 0 amide bonds. The number of aliphatic hydroxyl groups excluding tert-OH is 1. The summed E-state index contributed by atoms with van der Waals surface area (Å²) in [6.45, 7) is -0.484. The van der Waals surface area contributed by atoms with Crippen molar-refractivity contribution >= 4 is 11.6 Å². The van der Waals surface area contributed by atoms with Gasteiger partial charge < -0.3 is 5.11 Å². The average Bonchev–Trinajstić information content (AvgIpc) is 2.04. The largest absolute Gasteiger partial charge is 0.382 e. The lowest BCUT2D eigenvalue weighted by Gasteiger charge is -2.05. The number of hydrogen-bond acceptors (Lipinski definition) is 3. The van der Waals surface area contributed by atoms with Crippen LogP contribution in [-0.2, 0) is 0 Å². The van der Waals surface area contributed by atoms with Gasteiger partial charge in [-0.2, -0.15) is 0 Å². The van der Waals surface area contributed by atoms with Gasteiger partial charge in [0.05, 0.1) is 0 Å². The maximum Gasteiger partial charge on any atom is 0.233 e. The van der Waals surface area contributed by atoms with E-state index in [0.717, 1.165) is 0 Å². The lowest BCUT2D eigenvalue weighted by molar-refractivity contribution is -0.491. The molecule has 0 aliphatic carbocycles. The number of benzene rings is 1. The summed E-state index contributed by atoms with van der Waals surface area (Å²) in [4.78, 5) is 9.51. The molecule has 0 saturated carbocycles. The summed E-state index contributed by atoms with van der Waals surface area (Å²) in [7, 11) is 0. The normalized spacial score (nSPS) is 12.5. The third-order valence-electron chi connectivity index (χ3n) is 1.58. The highest BCUT2D eigenvalue weighted by Crippen LogP contribution is 2.16. The fraction of sp³-hybridized carbons (Fsp3) is 0.250. The van der Waals surface area contributed by atoms with Crippen LogP contribution in [0.1, 0.15) is 11.7 Å². The fourth-order valence-electron chi connectivity index (χ4n) is 0.932. The monoisotopic (exact) mass is 201 g/mol. The predicted molar refractivity (Wildman–Crippen MR) is 48.3 cm³/mol. The Bertz CT molecular complexity index is 299. The van der Waals surface area contributed by atoms with E-state index in [9.17, 15) is 15.2 Å². The van der Waals surface area contributed by atoms with Crippen LogP contribution in [0.4, 0.5) is 0 Å². The number of hydrogen-bond donors (Lipinski definition) is 1. The molecule has 0 fully saturated rings. The highest BCUT2D eigenvalue weighted by molar-refractivity contribution is 6.30. The zero-order valence-corrected chi connectivity index (χ0v) is 7.44. The molecule has 1 rings (SSSR count). The minimum atomic E-state index is -1.06. The maximum atomic E-state index is 10.1. The molecular formula is C8H8ClNO3. The van der Waals surface area contributed by atoms with E-state index in [2.05, 4.69) is 0 Å². The van der Waals surface area contributed by atoms with Gasteiger partial charge in [-0.15, -0.1) is 0 Å². The number of nitrogens with zero attached hydrogens (tertiary/aromatic N) is 1. The summed E-state index contributed by atoms with van der Waals surface area (Å²) in [6, 6.07) is 6.30. The van der Waals surface area contributed by atoms with Crippen molar-refractivity contribution in [3.05, 3.63) is 45.0 Å². The van der Waals surface area contributed by atoms with Crippen molar-refractivity contribution in [2.45, 2.75) is 6.10 Å². The number of rotatable bonds is 3. The van der Waals surface area contributed by atoms with E-state index in [0.29, 0.717) is 10.6 Å². The minimum Gasteiger partial charge on any atom is -0.382 e. The van der Waals surface area contributed by atoms with Gasteiger partial charge in [-0.1, -0.05) is 23.7 Å². The standard InChI is InChI=1S/C8H8ClNO3/c9-7-3-1-6(2-4-7)8(11)5-10(12)13/h1-4,8,11H,5H2/t8-/m1/s1. The molecule has 13 heavy (non-hydrogen) atoms. The van der Waals surface area contributed by atoms with Gasteiger partial charge in [-0.05, 0) is 17.7 Å². The molecule has 0 aromatic heterocycles. The second-order valence-corrected chi connectivity index (χ2v) is 3.02. The molecule has 0 bridgehead atoms. The first kappa shape index (κ1) is 9.95. The van der Waals surface area contributed by atoms with Crippen LogP contribution in [0.25, 0.3) is 0 Å². The number of nitro groups is 1. The summed E-state index contributed by atoms with van der Waals surface area (Å²) in [5.74, 6) is 0. The molecule has 1 N–H and O–H groups in total. The van der Waals surface area contributed by atoms with E-state index in [1.54, 1.807) is 24.3 Å². The van der Waals surface area contributed by atoms with Crippen LogP contribution in [0.3, 0.4) is 0 Å². The molecule has 0 radical (unpaired) electrons. The van der Waals surface area contributed by atoms with E-state index in [1.807, 2.05) is 0 Å². The predicted octanol–water partition coefficient (Wildman–Crippen LogP) is 1.65. The van der Waals surface area contributed by atoms with Crippen LogP contribution in [0.5, 0.6) is 0 Å². The Kier molecular flexibility index (Phi) is 3.22. The van der Waals surface area contributed by atoms with Crippen molar-refractivity contribution in [1.82, 2.24) is 0 Å². The van der Waals surface area contributed by atoms with Gasteiger partial charge in [-0.3, -0.25) is 10.1 Å². The van der Waals surface area contributed by atoms with Crippen LogP contribution in [0.15, 0.2) is 24.3 Å². The van der Waals surface area contributed by atoms with Gasteiger partial charge in [0.15, 0.2) is 0 Å². The zero-order chi connectivity index (χ0) is 9.84. The van der Waals surface area contributed by atoms with Crippen molar-refractivity contribution in [3.8, 4) is 0 Å². The molecule has 0 heterocycles. The third kappa shape index (κ3) is 3.01. The molecule has 70 valence electrons. The van der Waals surface area contributed by atoms with Crippen LogP contribution >= 0.6 is 11.6 Å². The molecule has 1 atom stereocenters. The van der Waals surface area contributed by atoms with Crippen LogP contribution in [0, 0.1) is 10.1 Å². The fourth-order valence-corrected chi connectivity index (χ4v) is 1.06.